The molecule has 3 N–H and O–H groups in total. The van der Waals surface area contributed by atoms with Gasteiger partial charge in [-0.1, -0.05) is 23.7 Å². The molecule has 26 heavy (non-hydrogen) atoms. The van der Waals surface area contributed by atoms with E-state index in [0.29, 0.717) is 45.7 Å². The molecule has 0 aliphatic rings. The lowest BCUT2D eigenvalue weighted by atomic mass is 10.1. The summed E-state index contributed by atoms with van der Waals surface area (Å²) in [5, 5.41) is 7.24. The van der Waals surface area contributed by atoms with Crippen LogP contribution in [-0.4, -0.2) is 22.3 Å². The first-order valence-corrected chi connectivity index (χ1v) is 7.86. The number of alkyl halides is 3. The molecule has 0 atom stereocenters. The monoisotopic (exact) mass is 382 g/mol. The summed E-state index contributed by atoms with van der Waals surface area (Å²) in [5.74, 6) is 1.31. The van der Waals surface area contributed by atoms with Gasteiger partial charge in [0.05, 0.1) is 28.9 Å². The smallest absolute Gasteiger partial charge is 0.416 e. The average molecular weight is 383 g/mol. The summed E-state index contributed by atoms with van der Waals surface area (Å²) in [6.45, 7) is 0. The number of aromatic amines is 1. The lowest BCUT2D eigenvalue weighted by Gasteiger charge is -2.08. The molecule has 1 aromatic heterocycles. The molecule has 0 aliphatic heterocycles. The Bertz CT molecular complexity index is 923. The minimum Gasteiger partial charge on any atom is -0.496 e. The standard InChI is InChI=1S/C17H14ClF3N4O/c1-26-14-8-13(22)12(18)7-11(14)16-23-15(24-25-16)6-9-2-4-10(5-3-9)17(19,20)21/h2-5,7-8H,6,22H2,1H3,(H,23,24,25). The summed E-state index contributed by atoms with van der Waals surface area (Å²) < 4.78 is 43.1. The van der Waals surface area contributed by atoms with Crippen molar-refractivity contribution in [3.63, 3.8) is 0 Å². The lowest BCUT2D eigenvalue weighted by Crippen LogP contribution is -2.04. The van der Waals surface area contributed by atoms with Gasteiger partial charge in [-0.25, -0.2) is 4.98 Å². The molecule has 136 valence electrons. The number of nitrogens with two attached hydrogens (primary N) is 1. The van der Waals surface area contributed by atoms with Gasteiger partial charge in [0.2, 0.25) is 0 Å². The fourth-order valence-corrected chi connectivity index (χ4v) is 2.58. The number of nitrogens with zero attached hydrogens (tertiary/aromatic N) is 2. The fourth-order valence-electron chi connectivity index (χ4n) is 2.41. The SMILES string of the molecule is COc1cc(N)c(Cl)cc1-c1n[nH]c(Cc2ccc(C(F)(F)F)cc2)n1. The number of nitrogen functional groups attached to an aromatic ring is 1. The van der Waals surface area contributed by atoms with Crippen LogP contribution in [0.25, 0.3) is 11.4 Å². The van der Waals surface area contributed by atoms with Crippen LogP contribution in [0.1, 0.15) is 17.0 Å². The molecule has 1 heterocycles. The van der Waals surface area contributed by atoms with E-state index in [1.165, 1.54) is 19.2 Å². The van der Waals surface area contributed by atoms with Crippen LogP contribution in [0, 0.1) is 0 Å². The van der Waals surface area contributed by atoms with Gasteiger partial charge in [-0.05, 0) is 23.8 Å². The summed E-state index contributed by atoms with van der Waals surface area (Å²) in [7, 11) is 1.49. The number of H-pyrrole nitrogens is 1. The number of benzene rings is 2. The van der Waals surface area contributed by atoms with Crippen LogP contribution in [0.3, 0.4) is 0 Å². The van der Waals surface area contributed by atoms with Gasteiger partial charge in [0.15, 0.2) is 5.82 Å². The molecule has 0 saturated carbocycles. The quantitative estimate of drug-likeness (QED) is 0.658. The Labute approximate surface area is 152 Å². The molecule has 0 amide bonds. The van der Waals surface area contributed by atoms with Crippen molar-refractivity contribution in [2.24, 2.45) is 0 Å². The van der Waals surface area contributed by atoms with Crippen molar-refractivity contribution >= 4 is 17.3 Å². The minimum absolute atomic E-state index is 0.302. The summed E-state index contributed by atoms with van der Waals surface area (Å²) >= 11 is 6.04. The van der Waals surface area contributed by atoms with Gasteiger partial charge in [-0.3, -0.25) is 5.10 Å². The van der Waals surface area contributed by atoms with Crippen molar-refractivity contribution in [1.82, 2.24) is 15.2 Å². The zero-order valence-electron chi connectivity index (χ0n) is 13.6. The highest BCUT2D eigenvalue weighted by atomic mass is 35.5. The van der Waals surface area contributed by atoms with Gasteiger partial charge in [0.1, 0.15) is 11.6 Å². The molecule has 3 rings (SSSR count). The molecule has 0 bridgehead atoms. The van der Waals surface area contributed by atoms with E-state index in [0.717, 1.165) is 12.1 Å². The van der Waals surface area contributed by atoms with E-state index in [4.69, 9.17) is 22.1 Å². The van der Waals surface area contributed by atoms with E-state index in [2.05, 4.69) is 15.2 Å². The number of halogens is 4. The van der Waals surface area contributed by atoms with Crippen molar-refractivity contribution in [2.75, 3.05) is 12.8 Å². The fraction of sp³-hybridized carbons (Fsp3) is 0.176. The highest BCUT2D eigenvalue weighted by Crippen LogP contribution is 2.34. The van der Waals surface area contributed by atoms with E-state index in [1.54, 1.807) is 12.1 Å². The maximum absolute atomic E-state index is 12.6. The average Bonchev–Trinajstić information content (AvgIpc) is 3.05. The number of anilines is 1. The summed E-state index contributed by atoms with van der Waals surface area (Å²) in [6.07, 6.45) is -4.06. The van der Waals surface area contributed by atoms with E-state index >= 15 is 0 Å². The predicted octanol–water partition coefficient (Wildman–Crippen LogP) is 4.33. The Morgan fingerprint density at radius 2 is 1.88 bits per heavy atom. The molecule has 0 unspecified atom stereocenters. The maximum atomic E-state index is 12.6. The van der Waals surface area contributed by atoms with Gasteiger partial charge in [-0.15, -0.1) is 0 Å². The molecule has 9 heteroatoms. The predicted molar refractivity (Wildman–Crippen MR) is 92.0 cm³/mol. The third-order valence-corrected chi connectivity index (χ3v) is 4.07. The first kappa shape index (κ1) is 18.1. The van der Waals surface area contributed by atoms with E-state index in [9.17, 15) is 13.2 Å². The van der Waals surface area contributed by atoms with Gasteiger partial charge in [-0.2, -0.15) is 18.3 Å². The van der Waals surface area contributed by atoms with E-state index in [1.807, 2.05) is 0 Å². The molecular weight excluding hydrogens is 369 g/mol. The van der Waals surface area contributed by atoms with Crippen molar-refractivity contribution in [3.8, 4) is 17.1 Å². The molecule has 0 spiro atoms. The van der Waals surface area contributed by atoms with Crippen molar-refractivity contribution in [1.29, 1.82) is 0 Å². The van der Waals surface area contributed by atoms with E-state index in [-0.39, 0.29) is 0 Å². The molecule has 0 fully saturated rings. The van der Waals surface area contributed by atoms with Crippen LogP contribution in [0.4, 0.5) is 18.9 Å². The van der Waals surface area contributed by atoms with Crippen LogP contribution in [0.15, 0.2) is 36.4 Å². The van der Waals surface area contributed by atoms with E-state index < -0.39 is 11.7 Å². The molecule has 3 aromatic rings. The third kappa shape index (κ3) is 3.75. The molecule has 0 aliphatic carbocycles. The van der Waals surface area contributed by atoms with Gasteiger partial charge in [0, 0.05) is 12.5 Å². The number of ether oxygens (including phenoxy) is 1. The van der Waals surface area contributed by atoms with Crippen molar-refractivity contribution < 1.29 is 17.9 Å². The first-order valence-electron chi connectivity index (χ1n) is 7.48. The zero-order chi connectivity index (χ0) is 18.9. The number of nitrogens with one attached hydrogen (secondary N) is 1. The van der Waals surface area contributed by atoms with Gasteiger partial charge < -0.3 is 10.5 Å². The highest BCUT2D eigenvalue weighted by molar-refractivity contribution is 6.33. The number of hydrogen-bond donors (Lipinski definition) is 2. The highest BCUT2D eigenvalue weighted by Gasteiger charge is 2.29. The Balaban J connectivity index is 1.84. The molecular formula is C17H14ClF3N4O. The first-order chi connectivity index (χ1) is 12.3. The normalized spacial score (nSPS) is 11.6. The van der Waals surface area contributed by atoms with Crippen molar-refractivity contribution in [2.45, 2.75) is 12.6 Å². The summed E-state index contributed by atoms with van der Waals surface area (Å²) in [5.41, 5.74) is 6.65. The van der Waals surface area contributed by atoms with Gasteiger partial charge in [0.25, 0.3) is 0 Å². The number of aromatic nitrogens is 3. The minimum atomic E-state index is -4.36. The number of hydrogen-bond acceptors (Lipinski definition) is 4. The van der Waals surface area contributed by atoms with Crippen LogP contribution in [-0.2, 0) is 12.6 Å². The maximum Gasteiger partial charge on any atom is 0.416 e. The second-order valence-electron chi connectivity index (χ2n) is 5.55. The van der Waals surface area contributed by atoms with Crippen LogP contribution < -0.4 is 10.5 Å². The Kier molecular flexibility index (Phi) is 4.78. The summed E-state index contributed by atoms with van der Waals surface area (Å²) in [4.78, 5) is 4.36. The molecule has 0 radical (unpaired) electrons. The van der Waals surface area contributed by atoms with Crippen LogP contribution in [0.2, 0.25) is 5.02 Å². The second-order valence-corrected chi connectivity index (χ2v) is 5.96. The Morgan fingerprint density at radius 1 is 1.19 bits per heavy atom. The van der Waals surface area contributed by atoms with Gasteiger partial charge >= 0.3 is 6.18 Å². The lowest BCUT2D eigenvalue weighted by molar-refractivity contribution is -0.137. The zero-order valence-corrected chi connectivity index (χ0v) is 14.3. The Morgan fingerprint density at radius 3 is 2.50 bits per heavy atom. The number of methoxy groups -OCH3 is 1. The van der Waals surface area contributed by atoms with Crippen molar-refractivity contribution in [3.05, 3.63) is 58.4 Å². The summed E-state index contributed by atoms with van der Waals surface area (Å²) in [6, 6.07) is 8.06. The van der Waals surface area contributed by atoms with Crippen LogP contribution in [0.5, 0.6) is 5.75 Å². The second kappa shape index (κ2) is 6.87. The number of rotatable bonds is 4. The van der Waals surface area contributed by atoms with Crippen LogP contribution >= 0.6 is 11.6 Å². The Hall–Kier alpha value is -2.74. The largest absolute Gasteiger partial charge is 0.496 e. The topological polar surface area (TPSA) is 76.8 Å². The molecule has 2 aromatic carbocycles. The third-order valence-electron chi connectivity index (χ3n) is 3.74. The molecule has 5 nitrogen and oxygen atoms in total. The molecule has 0 saturated heterocycles.